The van der Waals surface area contributed by atoms with E-state index in [1.54, 1.807) is 60.7 Å². The van der Waals surface area contributed by atoms with Crippen LogP contribution in [0.15, 0.2) is 90.0 Å². The Balaban J connectivity index is 1.40. The molecule has 4 aromatic carbocycles. The summed E-state index contributed by atoms with van der Waals surface area (Å²) in [6.45, 7) is 0.270. The molecule has 0 aromatic heterocycles. The Morgan fingerprint density at radius 2 is 1.56 bits per heavy atom. The van der Waals surface area contributed by atoms with Crippen molar-refractivity contribution in [2.45, 2.75) is 6.61 Å². The van der Waals surface area contributed by atoms with E-state index in [9.17, 15) is 9.59 Å². The molecule has 0 unspecified atom stereocenters. The number of nitrogens with one attached hydrogen (secondary N) is 1. The fourth-order valence-electron chi connectivity index (χ4n) is 3.41. The molecule has 0 fully saturated rings. The summed E-state index contributed by atoms with van der Waals surface area (Å²) < 4.78 is 16.6. The number of halogens is 3. The lowest BCUT2D eigenvalue weighted by atomic mass is 10.2. The number of carbonyl (C=O) groups excluding carboxylic acids is 2. The molecule has 198 valence electrons. The molecular formula is C29H21Cl3N2O5. The number of benzene rings is 4. The number of nitrogens with zero attached hydrogens (tertiary/aromatic N) is 1. The maximum absolute atomic E-state index is 12.8. The van der Waals surface area contributed by atoms with Gasteiger partial charge in [0.05, 0.1) is 29.5 Å². The van der Waals surface area contributed by atoms with E-state index in [0.717, 1.165) is 5.56 Å². The van der Waals surface area contributed by atoms with E-state index in [1.165, 1.54) is 25.5 Å². The highest BCUT2D eigenvalue weighted by Gasteiger charge is 2.16. The van der Waals surface area contributed by atoms with Crippen LogP contribution < -0.4 is 19.6 Å². The largest absolute Gasteiger partial charge is 0.493 e. The smallest absolute Gasteiger partial charge is 0.345 e. The van der Waals surface area contributed by atoms with Crippen LogP contribution >= 0.6 is 34.8 Å². The molecule has 39 heavy (non-hydrogen) atoms. The van der Waals surface area contributed by atoms with E-state index < -0.39 is 11.9 Å². The third-order valence-corrected chi connectivity index (χ3v) is 6.16. The molecule has 0 aliphatic carbocycles. The van der Waals surface area contributed by atoms with Crippen molar-refractivity contribution >= 4 is 52.9 Å². The van der Waals surface area contributed by atoms with Gasteiger partial charge in [0.15, 0.2) is 11.5 Å². The molecule has 0 radical (unpaired) electrons. The van der Waals surface area contributed by atoms with Gasteiger partial charge >= 0.3 is 5.97 Å². The van der Waals surface area contributed by atoms with Crippen LogP contribution in [-0.2, 0) is 6.61 Å². The average molecular weight is 584 g/mol. The first-order valence-electron chi connectivity index (χ1n) is 11.5. The predicted molar refractivity (Wildman–Crippen MR) is 152 cm³/mol. The van der Waals surface area contributed by atoms with Crippen LogP contribution in [0.2, 0.25) is 15.1 Å². The number of ether oxygens (including phenoxy) is 3. The molecule has 4 aromatic rings. The number of rotatable bonds is 9. The maximum atomic E-state index is 12.8. The highest BCUT2D eigenvalue weighted by Crippen LogP contribution is 2.30. The number of hydrazone groups is 1. The Bertz CT molecular complexity index is 1520. The molecule has 0 atom stereocenters. The van der Waals surface area contributed by atoms with E-state index in [-0.39, 0.29) is 28.7 Å². The minimum atomic E-state index is -0.666. The SMILES string of the molecule is COc1cc(/C=N\NC(=O)c2ccccc2OCc2ccc(Cl)cc2)ccc1OC(=O)c1ccc(Cl)cc1Cl. The summed E-state index contributed by atoms with van der Waals surface area (Å²) in [6, 6.07) is 23.4. The van der Waals surface area contributed by atoms with Gasteiger partial charge in [0.1, 0.15) is 12.4 Å². The van der Waals surface area contributed by atoms with E-state index in [4.69, 9.17) is 49.0 Å². The Kier molecular flexibility index (Phi) is 9.44. The normalized spacial score (nSPS) is 10.8. The lowest BCUT2D eigenvalue weighted by Gasteiger charge is -2.11. The van der Waals surface area contributed by atoms with Crippen LogP contribution in [0.3, 0.4) is 0 Å². The summed E-state index contributed by atoms with van der Waals surface area (Å²) >= 11 is 17.9. The van der Waals surface area contributed by atoms with E-state index in [2.05, 4.69) is 10.5 Å². The van der Waals surface area contributed by atoms with E-state index >= 15 is 0 Å². The molecule has 0 saturated carbocycles. The maximum Gasteiger partial charge on any atom is 0.345 e. The van der Waals surface area contributed by atoms with Gasteiger partial charge in [-0.25, -0.2) is 10.2 Å². The second kappa shape index (κ2) is 13.2. The van der Waals surface area contributed by atoms with Crippen molar-refractivity contribution in [1.82, 2.24) is 5.43 Å². The van der Waals surface area contributed by atoms with Gasteiger partial charge in [-0.15, -0.1) is 0 Å². The molecule has 10 heteroatoms. The van der Waals surface area contributed by atoms with Gasteiger partial charge in [0.25, 0.3) is 5.91 Å². The predicted octanol–water partition coefficient (Wildman–Crippen LogP) is 7.22. The van der Waals surface area contributed by atoms with Crippen molar-refractivity contribution in [3.63, 3.8) is 0 Å². The van der Waals surface area contributed by atoms with Gasteiger partial charge in [-0.1, -0.05) is 59.1 Å². The fraction of sp³-hybridized carbons (Fsp3) is 0.0690. The van der Waals surface area contributed by atoms with Gasteiger partial charge in [-0.3, -0.25) is 4.79 Å². The first-order chi connectivity index (χ1) is 18.8. The lowest BCUT2D eigenvalue weighted by Crippen LogP contribution is -2.18. The molecule has 4 rings (SSSR count). The number of esters is 1. The zero-order valence-electron chi connectivity index (χ0n) is 20.5. The van der Waals surface area contributed by atoms with Gasteiger partial charge in [0.2, 0.25) is 0 Å². The van der Waals surface area contributed by atoms with E-state index in [1.807, 2.05) is 12.1 Å². The Morgan fingerprint density at radius 3 is 2.31 bits per heavy atom. The molecule has 0 spiro atoms. The standard InChI is InChI=1S/C29H21Cl3N2O5/c1-37-27-14-19(8-13-26(27)39-29(36)22-12-11-21(31)15-24(22)32)16-33-34-28(35)23-4-2-3-5-25(23)38-17-18-6-9-20(30)10-7-18/h2-16H,17H2,1H3,(H,34,35)/b33-16-. The summed E-state index contributed by atoms with van der Waals surface area (Å²) in [6.07, 6.45) is 1.43. The first-order valence-corrected chi connectivity index (χ1v) is 12.6. The molecule has 0 heterocycles. The van der Waals surface area contributed by atoms with Crippen molar-refractivity contribution < 1.29 is 23.8 Å². The molecule has 0 saturated heterocycles. The summed E-state index contributed by atoms with van der Waals surface area (Å²) in [5.41, 5.74) is 4.47. The third-order valence-electron chi connectivity index (χ3n) is 5.36. The van der Waals surface area contributed by atoms with E-state index in [0.29, 0.717) is 26.9 Å². The minimum absolute atomic E-state index is 0.161. The molecule has 0 aliphatic rings. The van der Waals surface area contributed by atoms with Crippen LogP contribution in [0.4, 0.5) is 0 Å². The van der Waals surface area contributed by atoms with Crippen molar-refractivity contribution in [3.05, 3.63) is 122 Å². The Labute approximate surface area is 239 Å². The van der Waals surface area contributed by atoms with Crippen molar-refractivity contribution in [1.29, 1.82) is 0 Å². The fourth-order valence-corrected chi connectivity index (χ4v) is 4.02. The van der Waals surface area contributed by atoms with Crippen molar-refractivity contribution in [3.8, 4) is 17.2 Å². The zero-order chi connectivity index (χ0) is 27.8. The monoisotopic (exact) mass is 582 g/mol. The molecule has 0 aliphatic heterocycles. The number of para-hydroxylation sites is 1. The van der Waals surface area contributed by atoms with Gasteiger partial charge < -0.3 is 14.2 Å². The number of hydrogen-bond acceptors (Lipinski definition) is 6. The van der Waals surface area contributed by atoms with Crippen molar-refractivity contribution in [2.24, 2.45) is 5.10 Å². The Morgan fingerprint density at radius 1 is 0.821 bits per heavy atom. The van der Waals surface area contributed by atoms with Gasteiger partial charge in [0, 0.05) is 10.0 Å². The molecular weight excluding hydrogens is 563 g/mol. The topological polar surface area (TPSA) is 86.2 Å². The summed E-state index contributed by atoms with van der Waals surface area (Å²) in [7, 11) is 1.44. The molecule has 7 nitrogen and oxygen atoms in total. The van der Waals surface area contributed by atoms with Gasteiger partial charge in [-0.2, -0.15) is 5.10 Å². The summed E-state index contributed by atoms with van der Waals surface area (Å²) in [5.74, 6) is -0.240. The minimum Gasteiger partial charge on any atom is -0.493 e. The number of methoxy groups -OCH3 is 1. The summed E-state index contributed by atoms with van der Waals surface area (Å²) in [5, 5.41) is 5.24. The van der Waals surface area contributed by atoms with Crippen molar-refractivity contribution in [2.75, 3.05) is 7.11 Å². The van der Waals surface area contributed by atoms with Crippen LogP contribution in [-0.4, -0.2) is 25.2 Å². The number of amides is 1. The second-order valence-electron chi connectivity index (χ2n) is 8.03. The average Bonchev–Trinajstić information content (AvgIpc) is 2.93. The molecule has 0 bridgehead atoms. The molecule has 1 amide bonds. The van der Waals surface area contributed by atoms with Gasteiger partial charge in [-0.05, 0) is 71.8 Å². The number of hydrogen-bond donors (Lipinski definition) is 1. The third kappa shape index (κ3) is 7.51. The lowest BCUT2D eigenvalue weighted by molar-refractivity contribution is 0.0729. The second-order valence-corrected chi connectivity index (χ2v) is 9.31. The molecule has 1 N–H and O–H groups in total. The number of carbonyl (C=O) groups is 2. The van der Waals surface area contributed by atoms with Crippen LogP contribution in [0.25, 0.3) is 0 Å². The highest BCUT2D eigenvalue weighted by molar-refractivity contribution is 6.36. The summed E-state index contributed by atoms with van der Waals surface area (Å²) in [4.78, 5) is 25.3. The van der Waals surface area contributed by atoms with Crippen LogP contribution in [0.1, 0.15) is 31.8 Å². The zero-order valence-corrected chi connectivity index (χ0v) is 22.8. The highest BCUT2D eigenvalue weighted by atomic mass is 35.5. The van der Waals surface area contributed by atoms with Crippen LogP contribution in [0, 0.1) is 0 Å². The first kappa shape index (κ1) is 28.0. The Hall–Kier alpha value is -4.04. The quantitative estimate of drug-likeness (QED) is 0.0973. The van der Waals surface area contributed by atoms with Crippen LogP contribution in [0.5, 0.6) is 17.2 Å².